The molecule has 2 heterocycles. The Hall–Kier alpha value is -0.540. The molecule has 2 rings (SSSR count). The molecule has 0 radical (unpaired) electrons. The summed E-state index contributed by atoms with van der Waals surface area (Å²) in [5, 5.41) is 4.19. The van der Waals surface area contributed by atoms with Crippen LogP contribution in [0.15, 0.2) is 12.3 Å². The van der Waals surface area contributed by atoms with Crippen LogP contribution < -0.4 is 0 Å². The number of ether oxygens (including phenoxy) is 1. The third-order valence-corrected chi connectivity index (χ3v) is 4.24. The molecule has 0 unspecified atom stereocenters. The molecule has 0 aliphatic carbocycles. The molecule has 0 N–H and O–H groups in total. The lowest BCUT2D eigenvalue weighted by Gasteiger charge is -2.35. The normalized spacial score (nSPS) is 19.9. The Labute approximate surface area is 102 Å². The molecule has 1 aliphatic heterocycles. The van der Waals surface area contributed by atoms with E-state index < -0.39 is 0 Å². The maximum absolute atomic E-state index is 6.14. The van der Waals surface area contributed by atoms with Gasteiger partial charge in [0.15, 0.2) is 0 Å². The zero-order chi connectivity index (χ0) is 11.4. The standard InChI is InChI=1S/C12H19ClN2O/c1-15-11(3-7-14-15)2-4-12(10-13)5-8-16-9-6-12/h3,7H,2,4-6,8-10H2,1H3. The second-order valence-corrected chi connectivity index (χ2v) is 4.96. The maximum Gasteiger partial charge on any atom is 0.0492 e. The van der Waals surface area contributed by atoms with Crippen LogP contribution in [0.3, 0.4) is 0 Å². The summed E-state index contributed by atoms with van der Waals surface area (Å²) in [6.07, 6.45) is 6.23. The zero-order valence-electron chi connectivity index (χ0n) is 9.79. The van der Waals surface area contributed by atoms with Gasteiger partial charge in [0.1, 0.15) is 0 Å². The number of aromatic nitrogens is 2. The van der Waals surface area contributed by atoms with Crippen LogP contribution in [0.25, 0.3) is 0 Å². The third kappa shape index (κ3) is 2.58. The molecule has 0 atom stereocenters. The van der Waals surface area contributed by atoms with Crippen molar-refractivity contribution in [1.82, 2.24) is 9.78 Å². The summed E-state index contributed by atoms with van der Waals surface area (Å²) in [7, 11) is 1.99. The summed E-state index contributed by atoms with van der Waals surface area (Å²) in [6, 6.07) is 2.08. The highest BCUT2D eigenvalue weighted by atomic mass is 35.5. The van der Waals surface area contributed by atoms with Crippen molar-refractivity contribution < 1.29 is 4.74 Å². The number of rotatable bonds is 4. The second-order valence-electron chi connectivity index (χ2n) is 4.69. The lowest BCUT2D eigenvalue weighted by Crippen LogP contribution is -2.32. The maximum atomic E-state index is 6.14. The molecular formula is C12H19ClN2O. The molecule has 0 aromatic carbocycles. The van der Waals surface area contributed by atoms with E-state index in [1.54, 1.807) is 0 Å². The van der Waals surface area contributed by atoms with Crippen molar-refractivity contribution in [2.45, 2.75) is 25.7 Å². The molecule has 90 valence electrons. The fourth-order valence-electron chi connectivity index (χ4n) is 2.29. The first-order valence-corrected chi connectivity index (χ1v) is 6.40. The first kappa shape index (κ1) is 11.9. The minimum atomic E-state index is 0.282. The SMILES string of the molecule is Cn1nccc1CCC1(CCl)CCOCC1. The van der Waals surface area contributed by atoms with Gasteiger partial charge in [-0.1, -0.05) is 0 Å². The van der Waals surface area contributed by atoms with Crippen molar-refractivity contribution in [2.75, 3.05) is 19.1 Å². The van der Waals surface area contributed by atoms with Gasteiger partial charge >= 0.3 is 0 Å². The molecule has 1 aliphatic rings. The van der Waals surface area contributed by atoms with Crippen molar-refractivity contribution in [3.63, 3.8) is 0 Å². The minimum absolute atomic E-state index is 0.282. The van der Waals surface area contributed by atoms with Crippen LogP contribution in [-0.4, -0.2) is 28.9 Å². The van der Waals surface area contributed by atoms with Gasteiger partial charge in [0, 0.05) is 38.0 Å². The molecule has 1 saturated heterocycles. The van der Waals surface area contributed by atoms with E-state index in [9.17, 15) is 0 Å². The van der Waals surface area contributed by atoms with E-state index in [0.717, 1.165) is 44.8 Å². The zero-order valence-corrected chi connectivity index (χ0v) is 10.5. The highest BCUT2D eigenvalue weighted by Crippen LogP contribution is 2.36. The van der Waals surface area contributed by atoms with Crippen LogP contribution >= 0.6 is 11.6 Å². The van der Waals surface area contributed by atoms with Gasteiger partial charge in [-0.15, -0.1) is 11.6 Å². The third-order valence-electron chi connectivity index (χ3n) is 3.67. The van der Waals surface area contributed by atoms with Gasteiger partial charge in [-0.2, -0.15) is 5.10 Å². The molecule has 3 nitrogen and oxygen atoms in total. The van der Waals surface area contributed by atoms with Crippen LogP contribution in [0.2, 0.25) is 0 Å². The topological polar surface area (TPSA) is 27.1 Å². The highest BCUT2D eigenvalue weighted by molar-refractivity contribution is 6.18. The van der Waals surface area contributed by atoms with E-state index in [-0.39, 0.29) is 5.41 Å². The Morgan fingerprint density at radius 3 is 2.81 bits per heavy atom. The molecule has 1 aromatic rings. The van der Waals surface area contributed by atoms with E-state index in [0.29, 0.717) is 0 Å². The number of alkyl halides is 1. The van der Waals surface area contributed by atoms with Crippen LogP contribution in [0.1, 0.15) is 25.0 Å². The van der Waals surface area contributed by atoms with Gasteiger partial charge in [-0.05, 0) is 37.2 Å². The Morgan fingerprint density at radius 2 is 2.25 bits per heavy atom. The monoisotopic (exact) mass is 242 g/mol. The molecule has 0 bridgehead atoms. The van der Waals surface area contributed by atoms with E-state index in [1.165, 1.54) is 5.69 Å². The van der Waals surface area contributed by atoms with Crippen molar-refractivity contribution in [3.8, 4) is 0 Å². The Kier molecular flexibility index (Phi) is 3.87. The van der Waals surface area contributed by atoms with Crippen molar-refractivity contribution in [3.05, 3.63) is 18.0 Å². The average Bonchev–Trinajstić information content (AvgIpc) is 2.74. The summed E-state index contributed by atoms with van der Waals surface area (Å²) in [4.78, 5) is 0. The summed E-state index contributed by atoms with van der Waals surface area (Å²) >= 11 is 6.14. The van der Waals surface area contributed by atoms with Gasteiger partial charge in [-0.25, -0.2) is 0 Å². The summed E-state index contributed by atoms with van der Waals surface area (Å²) in [6.45, 7) is 1.72. The summed E-state index contributed by atoms with van der Waals surface area (Å²) < 4.78 is 7.36. The van der Waals surface area contributed by atoms with Crippen molar-refractivity contribution >= 4 is 11.6 Å². The fourth-order valence-corrected chi connectivity index (χ4v) is 2.70. The predicted octanol–water partition coefficient (Wildman–Crippen LogP) is 2.39. The lowest BCUT2D eigenvalue weighted by molar-refractivity contribution is 0.0215. The number of hydrogen-bond donors (Lipinski definition) is 0. The van der Waals surface area contributed by atoms with Crippen LogP contribution in [0.5, 0.6) is 0 Å². The van der Waals surface area contributed by atoms with Crippen LogP contribution in [0.4, 0.5) is 0 Å². The first-order chi connectivity index (χ1) is 7.76. The van der Waals surface area contributed by atoms with E-state index in [2.05, 4.69) is 11.2 Å². The number of hydrogen-bond acceptors (Lipinski definition) is 2. The van der Waals surface area contributed by atoms with Gasteiger partial charge < -0.3 is 4.74 Å². The molecule has 0 saturated carbocycles. The first-order valence-electron chi connectivity index (χ1n) is 5.86. The molecule has 0 amide bonds. The van der Waals surface area contributed by atoms with E-state index in [1.807, 2.05) is 17.9 Å². The molecule has 0 spiro atoms. The van der Waals surface area contributed by atoms with Crippen LogP contribution in [-0.2, 0) is 18.2 Å². The highest BCUT2D eigenvalue weighted by Gasteiger charge is 2.31. The molecule has 16 heavy (non-hydrogen) atoms. The Morgan fingerprint density at radius 1 is 1.50 bits per heavy atom. The molecular weight excluding hydrogens is 224 g/mol. The Balaban J connectivity index is 1.94. The van der Waals surface area contributed by atoms with Gasteiger partial charge in [0.2, 0.25) is 0 Å². The molecule has 1 aromatic heterocycles. The predicted molar refractivity (Wildman–Crippen MR) is 64.7 cm³/mol. The quantitative estimate of drug-likeness (QED) is 0.759. The second kappa shape index (κ2) is 5.19. The minimum Gasteiger partial charge on any atom is -0.381 e. The fraction of sp³-hybridized carbons (Fsp3) is 0.750. The summed E-state index contributed by atoms with van der Waals surface area (Å²) in [5.41, 5.74) is 1.57. The van der Waals surface area contributed by atoms with Gasteiger partial charge in [0.05, 0.1) is 0 Å². The lowest BCUT2D eigenvalue weighted by atomic mass is 9.78. The number of nitrogens with zero attached hydrogens (tertiary/aromatic N) is 2. The van der Waals surface area contributed by atoms with Crippen LogP contribution in [0, 0.1) is 5.41 Å². The largest absolute Gasteiger partial charge is 0.381 e. The van der Waals surface area contributed by atoms with E-state index >= 15 is 0 Å². The smallest absolute Gasteiger partial charge is 0.0492 e. The van der Waals surface area contributed by atoms with Crippen molar-refractivity contribution in [2.24, 2.45) is 12.5 Å². The summed E-state index contributed by atoms with van der Waals surface area (Å²) in [5.74, 6) is 0.744. The molecule has 1 fully saturated rings. The number of aryl methyl sites for hydroxylation is 2. The average molecular weight is 243 g/mol. The van der Waals surface area contributed by atoms with Gasteiger partial charge in [-0.3, -0.25) is 4.68 Å². The van der Waals surface area contributed by atoms with E-state index in [4.69, 9.17) is 16.3 Å². The van der Waals surface area contributed by atoms with Gasteiger partial charge in [0.25, 0.3) is 0 Å². The number of halogens is 1. The Bertz CT molecular complexity index is 332. The van der Waals surface area contributed by atoms with Crippen molar-refractivity contribution in [1.29, 1.82) is 0 Å². The molecule has 4 heteroatoms.